The maximum absolute atomic E-state index is 11.8. The van der Waals surface area contributed by atoms with Crippen LogP contribution in [0.3, 0.4) is 0 Å². The first-order valence-electron chi connectivity index (χ1n) is 6.80. The van der Waals surface area contributed by atoms with Crippen LogP contribution in [0.1, 0.15) is 31.2 Å². The van der Waals surface area contributed by atoms with Crippen molar-refractivity contribution in [3.8, 4) is 5.75 Å². The van der Waals surface area contributed by atoms with E-state index in [1.54, 1.807) is 14.0 Å². The fourth-order valence-corrected chi connectivity index (χ4v) is 2.70. The minimum Gasteiger partial charge on any atom is -0.496 e. The average molecular weight is 262 g/mol. The number of ether oxygens (including phenoxy) is 1. The lowest BCUT2D eigenvalue weighted by molar-refractivity contribution is -0.133. The molecule has 4 heteroatoms. The van der Waals surface area contributed by atoms with Gasteiger partial charge in [-0.3, -0.25) is 4.79 Å². The molecule has 0 aromatic heterocycles. The van der Waals surface area contributed by atoms with Crippen LogP contribution in [0.15, 0.2) is 24.3 Å². The molecule has 0 radical (unpaired) electrons. The Morgan fingerprint density at radius 1 is 1.37 bits per heavy atom. The van der Waals surface area contributed by atoms with Crippen molar-refractivity contribution in [2.24, 2.45) is 5.73 Å². The number of hydrogen-bond acceptors (Lipinski definition) is 3. The number of hydrogen-bond donors (Lipinski definition) is 1. The van der Waals surface area contributed by atoms with Gasteiger partial charge in [0, 0.05) is 13.1 Å². The number of nitrogens with zero attached hydrogens (tertiary/aromatic N) is 1. The fourth-order valence-electron chi connectivity index (χ4n) is 2.70. The predicted octanol–water partition coefficient (Wildman–Crippen LogP) is 1.75. The first kappa shape index (κ1) is 13.9. The summed E-state index contributed by atoms with van der Waals surface area (Å²) in [5.74, 6) is 1.46. The van der Waals surface area contributed by atoms with Crippen molar-refractivity contribution in [1.29, 1.82) is 0 Å². The van der Waals surface area contributed by atoms with Crippen LogP contribution in [-0.2, 0) is 4.79 Å². The molecular formula is C15H22N2O2. The van der Waals surface area contributed by atoms with Crippen LogP contribution >= 0.6 is 0 Å². The molecule has 2 N–H and O–H groups in total. The van der Waals surface area contributed by atoms with Crippen molar-refractivity contribution in [3.63, 3.8) is 0 Å². The van der Waals surface area contributed by atoms with E-state index in [1.165, 1.54) is 5.56 Å². The van der Waals surface area contributed by atoms with Crippen LogP contribution in [0, 0.1) is 0 Å². The van der Waals surface area contributed by atoms with Crippen LogP contribution in [0.5, 0.6) is 5.75 Å². The summed E-state index contributed by atoms with van der Waals surface area (Å²) in [6.45, 7) is 3.31. The number of likely N-dealkylation sites (tertiary alicyclic amines) is 1. The molecule has 0 spiro atoms. The second-order valence-electron chi connectivity index (χ2n) is 5.13. The van der Waals surface area contributed by atoms with Gasteiger partial charge in [-0.2, -0.15) is 0 Å². The zero-order valence-corrected chi connectivity index (χ0v) is 11.6. The molecule has 104 valence electrons. The quantitative estimate of drug-likeness (QED) is 0.903. The van der Waals surface area contributed by atoms with Crippen LogP contribution in [0.4, 0.5) is 0 Å². The molecule has 1 heterocycles. The molecule has 1 atom stereocenters. The van der Waals surface area contributed by atoms with Crippen LogP contribution in [0.25, 0.3) is 0 Å². The highest BCUT2D eigenvalue weighted by Gasteiger charge is 2.26. The number of para-hydroxylation sites is 1. The fraction of sp³-hybridized carbons (Fsp3) is 0.533. The normalized spacial score (nSPS) is 18.2. The van der Waals surface area contributed by atoms with Gasteiger partial charge in [0.25, 0.3) is 0 Å². The Hall–Kier alpha value is -1.55. The van der Waals surface area contributed by atoms with E-state index in [9.17, 15) is 4.79 Å². The third kappa shape index (κ3) is 3.07. The lowest BCUT2D eigenvalue weighted by Crippen LogP contribution is -2.45. The third-order valence-electron chi connectivity index (χ3n) is 3.77. The summed E-state index contributed by atoms with van der Waals surface area (Å²) in [5.41, 5.74) is 6.90. The van der Waals surface area contributed by atoms with Crippen LogP contribution in [0.2, 0.25) is 0 Å². The molecular weight excluding hydrogens is 240 g/mol. The highest BCUT2D eigenvalue weighted by Crippen LogP contribution is 2.33. The van der Waals surface area contributed by atoms with Gasteiger partial charge in [-0.15, -0.1) is 0 Å². The van der Waals surface area contributed by atoms with Gasteiger partial charge < -0.3 is 15.4 Å². The van der Waals surface area contributed by atoms with Gasteiger partial charge in [0.05, 0.1) is 13.2 Å². The Balaban J connectivity index is 2.02. The van der Waals surface area contributed by atoms with E-state index in [2.05, 4.69) is 6.07 Å². The molecule has 1 aromatic carbocycles. The van der Waals surface area contributed by atoms with Gasteiger partial charge in [-0.05, 0) is 37.3 Å². The molecule has 1 aliphatic heterocycles. The zero-order valence-electron chi connectivity index (χ0n) is 11.6. The van der Waals surface area contributed by atoms with E-state index >= 15 is 0 Å². The number of benzene rings is 1. The van der Waals surface area contributed by atoms with E-state index < -0.39 is 6.04 Å². The summed E-state index contributed by atoms with van der Waals surface area (Å²) in [7, 11) is 1.70. The lowest BCUT2D eigenvalue weighted by atomic mass is 9.88. The Morgan fingerprint density at radius 3 is 2.58 bits per heavy atom. The molecule has 1 amide bonds. The monoisotopic (exact) mass is 262 g/mol. The minimum atomic E-state index is -0.400. The minimum absolute atomic E-state index is 0.0541. The smallest absolute Gasteiger partial charge is 0.239 e. The molecule has 0 aliphatic carbocycles. The molecule has 0 bridgehead atoms. The number of carbonyl (C=O) groups is 1. The standard InChI is InChI=1S/C15H22N2O2/c1-11(16)15(18)17-9-7-12(8-10-17)13-5-3-4-6-14(13)19-2/h3-6,11-12H,7-10,16H2,1-2H3. The molecule has 2 rings (SSSR count). The topological polar surface area (TPSA) is 55.6 Å². The Labute approximate surface area is 114 Å². The molecule has 4 nitrogen and oxygen atoms in total. The summed E-state index contributed by atoms with van der Waals surface area (Å²) in [6, 6.07) is 7.73. The first-order valence-corrected chi connectivity index (χ1v) is 6.80. The molecule has 1 fully saturated rings. The molecule has 0 saturated carbocycles. The highest BCUT2D eigenvalue weighted by atomic mass is 16.5. The molecule has 19 heavy (non-hydrogen) atoms. The van der Waals surface area contributed by atoms with Crippen LogP contribution in [-0.4, -0.2) is 37.0 Å². The van der Waals surface area contributed by atoms with Crippen molar-refractivity contribution in [3.05, 3.63) is 29.8 Å². The largest absolute Gasteiger partial charge is 0.496 e. The lowest BCUT2D eigenvalue weighted by Gasteiger charge is -2.33. The average Bonchev–Trinajstić information content (AvgIpc) is 2.46. The Bertz CT molecular complexity index is 438. The van der Waals surface area contributed by atoms with E-state index in [4.69, 9.17) is 10.5 Å². The number of rotatable bonds is 3. The number of carbonyl (C=O) groups excluding carboxylic acids is 1. The molecule has 1 aliphatic rings. The maximum Gasteiger partial charge on any atom is 0.239 e. The maximum atomic E-state index is 11.8. The third-order valence-corrected chi connectivity index (χ3v) is 3.77. The summed E-state index contributed by atoms with van der Waals surface area (Å²) < 4.78 is 5.41. The highest BCUT2D eigenvalue weighted by molar-refractivity contribution is 5.81. The molecule has 1 unspecified atom stereocenters. The van der Waals surface area contributed by atoms with E-state index in [-0.39, 0.29) is 5.91 Å². The summed E-state index contributed by atoms with van der Waals surface area (Å²) in [6.07, 6.45) is 1.94. The molecule has 1 aromatic rings. The number of amides is 1. The van der Waals surface area contributed by atoms with E-state index in [1.807, 2.05) is 23.1 Å². The van der Waals surface area contributed by atoms with Crippen molar-refractivity contribution in [2.45, 2.75) is 31.7 Å². The first-order chi connectivity index (χ1) is 9.13. The second-order valence-corrected chi connectivity index (χ2v) is 5.13. The van der Waals surface area contributed by atoms with Gasteiger partial charge >= 0.3 is 0 Å². The van der Waals surface area contributed by atoms with Crippen LogP contribution < -0.4 is 10.5 Å². The number of nitrogens with two attached hydrogens (primary N) is 1. The van der Waals surface area contributed by atoms with Gasteiger partial charge in [0.15, 0.2) is 0 Å². The summed E-state index contributed by atoms with van der Waals surface area (Å²) >= 11 is 0. The van der Waals surface area contributed by atoms with Gasteiger partial charge in [0.1, 0.15) is 5.75 Å². The van der Waals surface area contributed by atoms with Gasteiger partial charge in [-0.25, -0.2) is 0 Å². The van der Waals surface area contributed by atoms with Crippen molar-refractivity contribution in [1.82, 2.24) is 4.90 Å². The Morgan fingerprint density at radius 2 is 2.00 bits per heavy atom. The molecule has 1 saturated heterocycles. The van der Waals surface area contributed by atoms with E-state index in [0.717, 1.165) is 31.7 Å². The number of piperidine rings is 1. The Kier molecular flexibility index (Phi) is 4.43. The predicted molar refractivity (Wildman–Crippen MR) is 75.2 cm³/mol. The second kappa shape index (κ2) is 6.06. The SMILES string of the molecule is COc1ccccc1C1CCN(C(=O)C(C)N)CC1. The summed E-state index contributed by atoms with van der Waals surface area (Å²) in [4.78, 5) is 13.7. The van der Waals surface area contributed by atoms with Crippen molar-refractivity contribution >= 4 is 5.91 Å². The van der Waals surface area contributed by atoms with Gasteiger partial charge in [0.2, 0.25) is 5.91 Å². The van der Waals surface area contributed by atoms with Crippen molar-refractivity contribution < 1.29 is 9.53 Å². The number of methoxy groups -OCH3 is 1. The van der Waals surface area contributed by atoms with E-state index in [0.29, 0.717) is 5.92 Å². The van der Waals surface area contributed by atoms with Gasteiger partial charge in [-0.1, -0.05) is 18.2 Å². The van der Waals surface area contributed by atoms with Crippen molar-refractivity contribution in [2.75, 3.05) is 20.2 Å². The summed E-state index contributed by atoms with van der Waals surface area (Å²) in [5, 5.41) is 0. The zero-order chi connectivity index (χ0) is 13.8.